The van der Waals surface area contributed by atoms with Gasteiger partial charge in [0, 0.05) is 33.1 Å². The maximum Gasteiger partial charge on any atom is 0.0562 e. The number of fused-ring (bicyclic) bond motifs is 6. The van der Waals surface area contributed by atoms with E-state index >= 15 is 0 Å². The van der Waals surface area contributed by atoms with Crippen LogP contribution in [0.1, 0.15) is 25.0 Å². The number of aromatic nitrogens is 1. The number of hydrogen-bond donors (Lipinski definition) is 0. The summed E-state index contributed by atoms with van der Waals surface area (Å²) in [7, 11) is 0. The van der Waals surface area contributed by atoms with Gasteiger partial charge < -0.3 is 9.47 Å². The van der Waals surface area contributed by atoms with Crippen molar-refractivity contribution in [3.63, 3.8) is 0 Å². The maximum absolute atomic E-state index is 2.50. The Bertz CT molecular complexity index is 3170. The number of anilines is 3. The molecule has 1 aliphatic carbocycles. The zero-order valence-corrected chi connectivity index (χ0v) is 33.2. The molecule has 0 amide bonds. The fourth-order valence-electron chi connectivity index (χ4n) is 9.63. The molecule has 10 aromatic rings. The Hall–Kier alpha value is -7.42. The van der Waals surface area contributed by atoms with Gasteiger partial charge in [-0.3, -0.25) is 0 Å². The largest absolute Gasteiger partial charge is 0.309 e. The monoisotopic (exact) mass is 754 g/mol. The lowest BCUT2D eigenvalue weighted by molar-refractivity contribution is 0.660. The molecule has 9 aromatic carbocycles. The van der Waals surface area contributed by atoms with Crippen LogP contribution in [0.25, 0.3) is 72.0 Å². The number of nitrogens with zero attached hydrogens (tertiary/aromatic N) is 2. The SMILES string of the molecule is CC1(C)c2ccccc2-c2ccc(N(c3ccccc3-c3ccccc3)c3cccc4c3c3ccccc3n4-c3ccc(-c4ccccc4-c4ccccc4)cc3)cc21. The highest BCUT2D eigenvalue weighted by molar-refractivity contribution is 6.17. The zero-order chi connectivity index (χ0) is 39.5. The molecule has 1 aliphatic rings. The number of rotatable bonds is 7. The van der Waals surface area contributed by atoms with Gasteiger partial charge in [0.25, 0.3) is 0 Å². The van der Waals surface area contributed by atoms with E-state index in [0.717, 1.165) is 28.3 Å². The summed E-state index contributed by atoms with van der Waals surface area (Å²) in [5.74, 6) is 0. The average molecular weight is 755 g/mol. The molecule has 0 saturated heterocycles. The van der Waals surface area contributed by atoms with E-state index in [4.69, 9.17) is 0 Å². The first-order valence-electron chi connectivity index (χ1n) is 20.5. The molecule has 1 aromatic heterocycles. The molecule has 0 fully saturated rings. The van der Waals surface area contributed by atoms with Crippen LogP contribution in [0.3, 0.4) is 0 Å². The van der Waals surface area contributed by atoms with Crippen LogP contribution in [0, 0.1) is 0 Å². The summed E-state index contributed by atoms with van der Waals surface area (Å²) >= 11 is 0. The lowest BCUT2D eigenvalue weighted by atomic mass is 9.82. The van der Waals surface area contributed by atoms with Crippen molar-refractivity contribution < 1.29 is 0 Å². The molecule has 59 heavy (non-hydrogen) atoms. The van der Waals surface area contributed by atoms with Gasteiger partial charge >= 0.3 is 0 Å². The Kier molecular flexibility index (Phi) is 8.20. The fraction of sp³-hybridized carbons (Fsp3) is 0.0526. The van der Waals surface area contributed by atoms with Crippen molar-refractivity contribution in [2.45, 2.75) is 19.3 Å². The van der Waals surface area contributed by atoms with Crippen LogP contribution in [-0.4, -0.2) is 4.57 Å². The molecule has 0 spiro atoms. The van der Waals surface area contributed by atoms with E-state index in [1.165, 1.54) is 71.9 Å². The van der Waals surface area contributed by atoms with Crippen molar-refractivity contribution in [1.29, 1.82) is 0 Å². The van der Waals surface area contributed by atoms with E-state index in [-0.39, 0.29) is 5.41 Å². The Balaban J connectivity index is 1.12. The molecule has 0 atom stereocenters. The fourth-order valence-corrected chi connectivity index (χ4v) is 9.63. The van der Waals surface area contributed by atoms with Gasteiger partial charge in [0.05, 0.1) is 22.4 Å². The van der Waals surface area contributed by atoms with Gasteiger partial charge in [-0.15, -0.1) is 0 Å². The van der Waals surface area contributed by atoms with Crippen LogP contribution >= 0.6 is 0 Å². The number of hydrogen-bond acceptors (Lipinski definition) is 1. The second-order valence-corrected chi connectivity index (χ2v) is 16.1. The van der Waals surface area contributed by atoms with Gasteiger partial charge in [-0.25, -0.2) is 0 Å². The quantitative estimate of drug-likeness (QED) is 0.157. The normalized spacial score (nSPS) is 12.7. The molecule has 0 N–H and O–H groups in total. The summed E-state index contributed by atoms with van der Waals surface area (Å²) < 4.78 is 2.44. The number of para-hydroxylation sites is 2. The molecular formula is C57H42N2. The van der Waals surface area contributed by atoms with E-state index in [1.54, 1.807) is 0 Å². The van der Waals surface area contributed by atoms with Crippen LogP contribution in [0.2, 0.25) is 0 Å². The summed E-state index contributed by atoms with van der Waals surface area (Å²) in [6, 6.07) is 79.8. The minimum absolute atomic E-state index is 0.137. The second kappa shape index (κ2) is 13.9. The number of benzene rings is 9. The Morgan fingerprint density at radius 2 is 0.898 bits per heavy atom. The molecule has 11 rings (SSSR count). The highest BCUT2D eigenvalue weighted by atomic mass is 15.2. The molecule has 0 unspecified atom stereocenters. The Morgan fingerprint density at radius 1 is 0.373 bits per heavy atom. The summed E-state index contributed by atoms with van der Waals surface area (Å²) in [6.45, 7) is 4.73. The van der Waals surface area contributed by atoms with E-state index in [2.05, 4.69) is 242 Å². The summed E-state index contributed by atoms with van der Waals surface area (Å²) in [5.41, 5.74) is 19.4. The minimum atomic E-state index is -0.137. The van der Waals surface area contributed by atoms with Gasteiger partial charge in [0.2, 0.25) is 0 Å². The highest BCUT2D eigenvalue weighted by Crippen LogP contribution is 2.52. The van der Waals surface area contributed by atoms with Gasteiger partial charge in [-0.05, 0) is 98.6 Å². The van der Waals surface area contributed by atoms with Gasteiger partial charge in [-0.2, -0.15) is 0 Å². The molecule has 0 aliphatic heterocycles. The van der Waals surface area contributed by atoms with E-state index in [1.807, 2.05) is 0 Å². The van der Waals surface area contributed by atoms with Crippen molar-refractivity contribution in [3.8, 4) is 50.2 Å². The molecule has 1 heterocycles. The topological polar surface area (TPSA) is 8.17 Å². The van der Waals surface area contributed by atoms with E-state index < -0.39 is 0 Å². The summed E-state index contributed by atoms with van der Waals surface area (Å²) in [6.07, 6.45) is 0. The van der Waals surface area contributed by atoms with Crippen LogP contribution < -0.4 is 4.90 Å². The standard InChI is InChI=1S/C57H42N2/c1-57(2)50-27-14-11-25-47(50)48-37-36-43(38-51(48)57)59(52-28-15-12-24-46(52)40-20-7-4-8-21-40)55-31-17-30-54-56(55)49-26-13-16-29-53(49)58(54)42-34-32-41(33-35-42)45-23-10-9-22-44(45)39-18-5-3-6-19-39/h3-38H,1-2H3. The molecule has 0 bridgehead atoms. The van der Waals surface area contributed by atoms with Crippen LogP contribution in [0.15, 0.2) is 218 Å². The third kappa shape index (κ3) is 5.63. The molecule has 0 radical (unpaired) electrons. The summed E-state index contributed by atoms with van der Waals surface area (Å²) in [4.78, 5) is 2.50. The predicted octanol–water partition coefficient (Wildman–Crippen LogP) is 15.6. The van der Waals surface area contributed by atoms with Crippen LogP contribution in [-0.2, 0) is 5.41 Å². The Morgan fingerprint density at radius 3 is 1.63 bits per heavy atom. The lowest BCUT2D eigenvalue weighted by Gasteiger charge is -2.30. The van der Waals surface area contributed by atoms with Crippen molar-refractivity contribution in [2.24, 2.45) is 0 Å². The Labute approximate surface area is 345 Å². The third-order valence-electron chi connectivity index (χ3n) is 12.4. The van der Waals surface area contributed by atoms with Crippen molar-refractivity contribution in [3.05, 3.63) is 230 Å². The molecule has 280 valence electrons. The first kappa shape index (κ1) is 34.8. The first-order chi connectivity index (χ1) is 29.1. The molecular weight excluding hydrogens is 713 g/mol. The molecule has 0 saturated carbocycles. The van der Waals surface area contributed by atoms with E-state index in [0.29, 0.717) is 0 Å². The van der Waals surface area contributed by atoms with Crippen molar-refractivity contribution in [2.75, 3.05) is 4.90 Å². The maximum atomic E-state index is 2.50. The van der Waals surface area contributed by atoms with Crippen LogP contribution in [0.5, 0.6) is 0 Å². The average Bonchev–Trinajstić information content (AvgIpc) is 3.76. The predicted molar refractivity (Wildman–Crippen MR) is 249 cm³/mol. The summed E-state index contributed by atoms with van der Waals surface area (Å²) in [5, 5.41) is 2.43. The molecule has 2 heteroatoms. The minimum Gasteiger partial charge on any atom is -0.309 e. The zero-order valence-electron chi connectivity index (χ0n) is 33.2. The van der Waals surface area contributed by atoms with Gasteiger partial charge in [0.15, 0.2) is 0 Å². The third-order valence-corrected chi connectivity index (χ3v) is 12.4. The van der Waals surface area contributed by atoms with Crippen molar-refractivity contribution >= 4 is 38.9 Å². The van der Waals surface area contributed by atoms with E-state index in [9.17, 15) is 0 Å². The highest BCUT2D eigenvalue weighted by Gasteiger charge is 2.36. The van der Waals surface area contributed by atoms with Gasteiger partial charge in [-0.1, -0.05) is 184 Å². The first-order valence-corrected chi connectivity index (χ1v) is 20.5. The van der Waals surface area contributed by atoms with Gasteiger partial charge in [0.1, 0.15) is 0 Å². The van der Waals surface area contributed by atoms with Crippen molar-refractivity contribution in [1.82, 2.24) is 4.57 Å². The molecule has 2 nitrogen and oxygen atoms in total. The second-order valence-electron chi connectivity index (χ2n) is 16.1. The lowest BCUT2D eigenvalue weighted by Crippen LogP contribution is -2.17. The smallest absolute Gasteiger partial charge is 0.0562 e. The van der Waals surface area contributed by atoms with Crippen LogP contribution in [0.4, 0.5) is 17.1 Å².